The van der Waals surface area contributed by atoms with Gasteiger partial charge in [-0.25, -0.2) is 4.79 Å². The summed E-state index contributed by atoms with van der Waals surface area (Å²) in [6.45, 7) is 4.27. The lowest BCUT2D eigenvalue weighted by Crippen LogP contribution is -2.32. The molecule has 1 aliphatic rings. The van der Waals surface area contributed by atoms with Crippen LogP contribution in [-0.4, -0.2) is 38.5 Å². The van der Waals surface area contributed by atoms with Crippen molar-refractivity contribution in [3.8, 4) is 11.3 Å². The Labute approximate surface area is 242 Å². The van der Waals surface area contributed by atoms with E-state index < -0.39 is 12.0 Å². The van der Waals surface area contributed by atoms with E-state index in [1.807, 2.05) is 61.2 Å². The van der Waals surface area contributed by atoms with Gasteiger partial charge in [0.1, 0.15) is 17.6 Å². The number of hydrogen-bond donors (Lipinski definition) is 3. The molecule has 0 radical (unpaired) electrons. The van der Waals surface area contributed by atoms with Crippen LogP contribution in [0.5, 0.6) is 0 Å². The van der Waals surface area contributed by atoms with Crippen molar-refractivity contribution in [2.45, 2.75) is 32.4 Å². The summed E-state index contributed by atoms with van der Waals surface area (Å²) in [6, 6.07) is 18.9. The monoisotopic (exact) mass is 574 g/mol. The van der Waals surface area contributed by atoms with E-state index >= 15 is 0 Å². The zero-order valence-electron chi connectivity index (χ0n) is 21.8. The lowest BCUT2D eigenvalue weighted by atomic mass is 10.0. The van der Waals surface area contributed by atoms with Crippen LogP contribution >= 0.6 is 23.8 Å². The molecule has 204 valence electrons. The molecule has 0 bridgehead atoms. The number of carboxylic acids is 1. The van der Waals surface area contributed by atoms with Crippen molar-refractivity contribution >= 4 is 46.5 Å². The van der Waals surface area contributed by atoms with Crippen LogP contribution in [0, 0.1) is 13.8 Å². The molecule has 2 aromatic carbocycles. The number of amides is 1. The van der Waals surface area contributed by atoms with E-state index in [-0.39, 0.29) is 23.9 Å². The number of halogens is 1. The lowest BCUT2D eigenvalue weighted by Gasteiger charge is -2.26. The molecule has 10 heteroatoms. The van der Waals surface area contributed by atoms with Gasteiger partial charge < -0.3 is 25.1 Å². The molecule has 1 amide bonds. The number of carboxylic acid groups (broad SMARTS) is 1. The summed E-state index contributed by atoms with van der Waals surface area (Å²) in [7, 11) is 0. The second-order valence-electron chi connectivity index (χ2n) is 9.64. The first kappa shape index (κ1) is 27.4. The Balaban J connectivity index is 1.43. The third-order valence-electron chi connectivity index (χ3n) is 6.84. The van der Waals surface area contributed by atoms with Crippen LogP contribution in [0.4, 0.5) is 5.69 Å². The van der Waals surface area contributed by atoms with Gasteiger partial charge >= 0.3 is 5.97 Å². The molecule has 1 saturated heterocycles. The minimum atomic E-state index is -1.06. The number of pyridine rings is 1. The second-order valence-corrected chi connectivity index (χ2v) is 10.4. The molecule has 2 aromatic heterocycles. The van der Waals surface area contributed by atoms with Crippen LogP contribution in [0.25, 0.3) is 11.3 Å². The molecule has 0 saturated carbocycles. The van der Waals surface area contributed by atoms with Gasteiger partial charge in [0, 0.05) is 30.4 Å². The number of benzene rings is 2. The number of carbonyl (C=O) groups excluding carboxylic acids is 1. The van der Waals surface area contributed by atoms with Crippen molar-refractivity contribution in [3.63, 3.8) is 0 Å². The molecule has 0 unspecified atom stereocenters. The van der Waals surface area contributed by atoms with Crippen molar-refractivity contribution in [1.29, 1.82) is 0 Å². The van der Waals surface area contributed by atoms with Crippen molar-refractivity contribution in [1.82, 2.24) is 15.2 Å². The number of thiocarbonyl (C=S) groups is 1. The molecule has 1 fully saturated rings. The summed E-state index contributed by atoms with van der Waals surface area (Å²) in [5.41, 5.74) is 4.16. The highest BCUT2D eigenvalue weighted by Gasteiger charge is 2.41. The average molecular weight is 575 g/mol. The Morgan fingerprint density at radius 2 is 1.95 bits per heavy atom. The van der Waals surface area contributed by atoms with Crippen molar-refractivity contribution in [2.75, 3.05) is 11.9 Å². The molecule has 40 heavy (non-hydrogen) atoms. The normalized spacial score (nSPS) is 16.6. The molecular formula is C30H27ClN4O4S. The number of carbonyl (C=O) groups is 2. The number of anilines is 1. The molecule has 4 aromatic rings. The Kier molecular flexibility index (Phi) is 7.86. The molecule has 2 atom stereocenters. The predicted octanol–water partition coefficient (Wildman–Crippen LogP) is 6.31. The highest BCUT2D eigenvalue weighted by atomic mass is 35.5. The molecule has 1 aliphatic heterocycles. The highest BCUT2D eigenvalue weighted by Crippen LogP contribution is 2.41. The van der Waals surface area contributed by atoms with Gasteiger partial charge in [-0.3, -0.25) is 9.78 Å². The molecule has 0 spiro atoms. The Bertz CT molecular complexity index is 1590. The number of nitrogens with one attached hydrogen (secondary N) is 2. The summed E-state index contributed by atoms with van der Waals surface area (Å²) in [4.78, 5) is 30.9. The first-order chi connectivity index (χ1) is 19.2. The number of nitrogens with zero attached hydrogens (tertiary/aromatic N) is 2. The third kappa shape index (κ3) is 5.71. The van der Waals surface area contributed by atoms with E-state index in [1.165, 1.54) is 18.2 Å². The predicted molar refractivity (Wildman–Crippen MR) is 157 cm³/mol. The number of aromatic carboxylic acids is 1. The van der Waals surface area contributed by atoms with Crippen LogP contribution in [-0.2, 0) is 4.79 Å². The van der Waals surface area contributed by atoms with E-state index in [2.05, 4.69) is 15.6 Å². The number of rotatable bonds is 8. The first-order valence-electron chi connectivity index (χ1n) is 12.7. The Morgan fingerprint density at radius 1 is 1.12 bits per heavy atom. The van der Waals surface area contributed by atoms with Crippen molar-refractivity contribution in [2.24, 2.45) is 0 Å². The van der Waals surface area contributed by atoms with Crippen LogP contribution in [0.15, 0.2) is 77.3 Å². The van der Waals surface area contributed by atoms with E-state index in [9.17, 15) is 14.7 Å². The average Bonchev–Trinajstić information content (AvgIpc) is 3.54. The topological polar surface area (TPSA) is 108 Å². The summed E-state index contributed by atoms with van der Waals surface area (Å²) in [5, 5.41) is 16.6. The molecule has 0 aliphatic carbocycles. The maximum absolute atomic E-state index is 12.9. The summed E-state index contributed by atoms with van der Waals surface area (Å²) < 4.78 is 6.28. The number of aromatic nitrogens is 1. The van der Waals surface area contributed by atoms with Gasteiger partial charge in [-0.1, -0.05) is 29.8 Å². The number of furan rings is 1. The standard InChI is InChI=1S/C30H27ClN4O4S/c1-17-6-7-18(2)23(15-17)33-26(36)12-14-35-28(27(34-30(35)40)22-5-3-4-13-32-22)25-11-10-24(39-25)20-16-19(29(37)38)8-9-21(20)31/h3-11,13,15-16,27-28H,12,14H2,1-2H3,(H,33,36)(H,34,40)(H,37,38)/t27-,28-/m1/s1. The fourth-order valence-electron chi connectivity index (χ4n) is 4.76. The van der Waals surface area contributed by atoms with Gasteiger partial charge in [0.2, 0.25) is 5.91 Å². The van der Waals surface area contributed by atoms with E-state index in [0.29, 0.717) is 33.8 Å². The summed E-state index contributed by atoms with van der Waals surface area (Å²) in [5.74, 6) is -0.192. The first-order valence-corrected chi connectivity index (χ1v) is 13.5. The molecule has 8 nitrogen and oxygen atoms in total. The highest BCUT2D eigenvalue weighted by molar-refractivity contribution is 7.80. The fourth-order valence-corrected chi connectivity index (χ4v) is 5.31. The third-order valence-corrected chi connectivity index (χ3v) is 7.52. The van der Waals surface area contributed by atoms with Gasteiger partial charge in [-0.05, 0) is 85.7 Å². The summed E-state index contributed by atoms with van der Waals surface area (Å²) >= 11 is 12.1. The minimum absolute atomic E-state index is 0.101. The SMILES string of the molecule is Cc1ccc(C)c(NC(=O)CCN2C(=S)N[C@H](c3ccccn3)[C@H]2c2ccc(-c3cc(C(=O)O)ccc3Cl)o2)c1. The van der Waals surface area contributed by atoms with Gasteiger partial charge in [-0.2, -0.15) is 0 Å². The minimum Gasteiger partial charge on any atom is -0.478 e. The second kappa shape index (κ2) is 11.5. The molecular weight excluding hydrogens is 548 g/mol. The number of hydrogen-bond acceptors (Lipinski definition) is 5. The van der Waals surface area contributed by atoms with E-state index in [1.54, 1.807) is 12.3 Å². The van der Waals surface area contributed by atoms with Crippen LogP contribution < -0.4 is 10.6 Å². The van der Waals surface area contributed by atoms with Crippen LogP contribution in [0.2, 0.25) is 5.02 Å². The van der Waals surface area contributed by atoms with Gasteiger partial charge in [0.25, 0.3) is 0 Å². The quantitative estimate of drug-likeness (QED) is 0.210. The largest absolute Gasteiger partial charge is 0.478 e. The van der Waals surface area contributed by atoms with Crippen molar-refractivity contribution < 1.29 is 19.1 Å². The van der Waals surface area contributed by atoms with E-state index in [0.717, 1.165) is 22.5 Å². The van der Waals surface area contributed by atoms with Gasteiger partial charge in [0.05, 0.1) is 22.3 Å². The zero-order valence-corrected chi connectivity index (χ0v) is 23.4. The Hall–Kier alpha value is -4.21. The maximum atomic E-state index is 12.9. The van der Waals surface area contributed by atoms with Crippen molar-refractivity contribution in [3.05, 3.63) is 106 Å². The number of aryl methyl sites for hydroxylation is 2. The van der Waals surface area contributed by atoms with E-state index in [4.69, 9.17) is 28.2 Å². The smallest absolute Gasteiger partial charge is 0.335 e. The zero-order chi connectivity index (χ0) is 28.4. The molecule has 5 rings (SSSR count). The lowest BCUT2D eigenvalue weighted by molar-refractivity contribution is -0.116. The van der Waals surface area contributed by atoms with Crippen LogP contribution in [0.1, 0.15) is 51.4 Å². The fraction of sp³-hybridized carbons (Fsp3) is 0.200. The van der Waals surface area contributed by atoms with Crippen LogP contribution in [0.3, 0.4) is 0 Å². The molecule has 3 N–H and O–H groups in total. The van der Waals surface area contributed by atoms with Gasteiger partial charge in [0.15, 0.2) is 5.11 Å². The summed E-state index contributed by atoms with van der Waals surface area (Å²) in [6.07, 6.45) is 1.91. The Morgan fingerprint density at radius 3 is 2.70 bits per heavy atom. The maximum Gasteiger partial charge on any atom is 0.335 e. The molecule has 3 heterocycles. The van der Waals surface area contributed by atoms with Gasteiger partial charge in [-0.15, -0.1) is 0 Å².